The van der Waals surface area contributed by atoms with Crippen molar-refractivity contribution in [1.29, 1.82) is 0 Å². The van der Waals surface area contributed by atoms with E-state index in [1.54, 1.807) is 23.8 Å². The Kier molecular flexibility index (Phi) is 8.70. The van der Waals surface area contributed by atoms with E-state index in [4.69, 9.17) is 26.2 Å². The summed E-state index contributed by atoms with van der Waals surface area (Å²) in [6.45, 7) is 6.88. The Bertz CT molecular complexity index is 1300. The molecule has 0 fully saturated rings. The first kappa shape index (κ1) is 28.0. The first-order valence-corrected chi connectivity index (χ1v) is 13.8. The van der Waals surface area contributed by atoms with E-state index < -0.39 is 0 Å². The summed E-state index contributed by atoms with van der Waals surface area (Å²) in [5, 5.41) is 8.27. The molecule has 38 heavy (non-hydrogen) atoms. The zero-order valence-electron chi connectivity index (χ0n) is 22.3. The van der Waals surface area contributed by atoms with E-state index in [-0.39, 0.29) is 34.8 Å². The summed E-state index contributed by atoms with van der Waals surface area (Å²) < 4.78 is 12.2. The minimum atomic E-state index is -0.359. The third-order valence-electron chi connectivity index (χ3n) is 6.23. The van der Waals surface area contributed by atoms with Crippen molar-refractivity contribution in [3.05, 3.63) is 70.4 Å². The predicted octanol–water partition coefficient (Wildman–Crippen LogP) is 4.76. The van der Waals surface area contributed by atoms with Crippen molar-refractivity contribution in [2.24, 2.45) is 0 Å². The quantitative estimate of drug-likeness (QED) is 0.403. The van der Waals surface area contributed by atoms with Crippen LogP contribution in [0.1, 0.15) is 42.8 Å². The molecule has 0 radical (unpaired) electrons. The molecule has 1 aromatic heterocycles. The SMILES string of the molecule is COCCNC(=O)CN1C(=O)CS[C@H](c2ccccc2Cl)c2c(C(C)(C)C)nn(-c3ccc(OC)cc3)c21. The highest BCUT2D eigenvalue weighted by atomic mass is 35.5. The Labute approximate surface area is 232 Å². The molecule has 0 unspecified atom stereocenters. The second-order valence-electron chi connectivity index (χ2n) is 9.98. The molecule has 1 aliphatic heterocycles. The highest BCUT2D eigenvalue weighted by molar-refractivity contribution is 8.00. The molecule has 8 nitrogen and oxygen atoms in total. The Morgan fingerprint density at radius 2 is 1.87 bits per heavy atom. The van der Waals surface area contributed by atoms with Crippen LogP contribution in [0.4, 0.5) is 5.82 Å². The fraction of sp³-hybridized carbons (Fsp3) is 0.393. The number of benzene rings is 2. The van der Waals surface area contributed by atoms with Gasteiger partial charge in [-0.25, -0.2) is 4.68 Å². The van der Waals surface area contributed by atoms with E-state index in [2.05, 4.69) is 26.1 Å². The van der Waals surface area contributed by atoms with Crippen LogP contribution in [0.2, 0.25) is 5.02 Å². The number of hydrogen-bond acceptors (Lipinski definition) is 6. The third-order valence-corrected chi connectivity index (χ3v) is 7.81. The number of carbonyl (C=O) groups is 2. The number of halogens is 1. The highest BCUT2D eigenvalue weighted by Gasteiger charge is 2.40. The standard InChI is InChI=1S/C28H33ClN4O4S/c1-28(2,3)26-24-25(20-8-6-7-9-21(20)29)38-17-23(35)32(16-22(34)30-14-15-36-4)27(24)33(31-26)18-10-12-19(37-5)13-11-18/h6-13,25H,14-17H2,1-5H3,(H,30,34)/t25-/m1/s1. The number of methoxy groups -OCH3 is 2. The highest BCUT2D eigenvalue weighted by Crippen LogP contribution is 2.49. The van der Waals surface area contributed by atoms with Crippen LogP contribution in [0.3, 0.4) is 0 Å². The van der Waals surface area contributed by atoms with Crippen LogP contribution in [0.25, 0.3) is 5.69 Å². The number of hydrogen-bond donors (Lipinski definition) is 1. The minimum Gasteiger partial charge on any atom is -0.497 e. The molecule has 4 rings (SSSR count). The molecule has 1 N–H and O–H groups in total. The number of nitrogens with one attached hydrogen (secondary N) is 1. The van der Waals surface area contributed by atoms with Crippen molar-refractivity contribution in [2.75, 3.05) is 44.6 Å². The molecule has 0 bridgehead atoms. The van der Waals surface area contributed by atoms with Gasteiger partial charge >= 0.3 is 0 Å². The summed E-state index contributed by atoms with van der Waals surface area (Å²) in [4.78, 5) is 28.2. The molecule has 0 spiro atoms. The molecule has 3 aromatic rings. The van der Waals surface area contributed by atoms with Crippen LogP contribution in [-0.4, -0.2) is 61.3 Å². The zero-order chi connectivity index (χ0) is 27.4. The van der Waals surface area contributed by atoms with Gasteiger partial charge in [-0.15, -0.1) is 11.8 Å². The molecule has 10 heteroatoms. The number of nitrogens with zero attached hydrogens (tertiary/aromatic N) is 3. The van der Waals surface area contributed by atoms with Gasteiger partial charge in [0, 0.05) is 29.7 Å². The minimum absolute atomic E-state index is 0.142. The van der Waals surface area contributed by atoms with Gasteiger partial charge < -0.3 is 14.8 Å². The topological polar surface area (TPSA) is 85.7 Å². The number of ether oxygens (including phenoxy) is 2. The first-order chi connectivity index (χ1) is 18.2. The van der Waals surface area contributed by atoms with Crippen LogP contribution in [0.5, 0.6) is 5.75 Å². The summed E-state index contributed by atoms with van der Waals surface area (Å²) in [6.07, 6.45) is 0. The average Bonchev–Trinajstić information content (AvgIpc) is 3.23. The lowest BCUT2D eigenvalue weighted by Gasteiger charge is -2.25. The number of anilines is 1. The lowest BCUT2D eigenvalue weighted by atomic mass is 9.87. The maximum Gasteiger partial charge on any atom is 0.240 e. The van der Waals surface area contributed by atoms with Crippen molar-refractivity contribution in [3.63, 3.8) is 0 Å². The van der Waals surface area contributed by atoms with Gasteiger partial charge in [0.1, 0.15) is 18.1 Å². The molecule has 2 aromatic carbocycles. The fourth-order valence-corrected chi connectivity index (χ4v) is 5.95. The fourth-order valence-electron chi connectivity index (χ4n) is 4.40. The van der Waals surface area contributed by atoms with E-state index in [1.165, 1.54) is 11.8 Å². The maximum absolute atomic E-state index is 13.7. The van der Waals surface area contributed by atoms with E-state index in [9.17, 15) is 9.59 Å². The second kappa shape index (κ2) is 11.8. The smallest absolute Gasteiger partial charge is 0.240 e. The van der Waals surface area contributed by atoms with Crippen molar-refractivity contribution in [1.82, 2.24) is 15.1 Å². The average molecular weight is 557 g/mol. The molecular weight excluding hydrogens is 524 g/mol. The molecule has 0 aliphatic carbocycles. The number of carbonyl (C=O) groups excluding carboxylic acids is 2. The van der Waals surface area contributed by atoms with Gasteiger partial charge in [0.15, 0.2) is 0 Å². The Hall–Kier alpha value is -3.01. The molecule has 2 heterocycles. The lowest BCUT2D eigenvalue weighted by Crippen LogP contribution is -2.43. The van der Waals surface area contributed by atoms with Gasteiger partial charge in [0.2, 0.25) is 11.8 Å². The lowest BCUT2D eigenvalue weighted by molar-refractivity contribution is -0.123. The van der Waals surface area contributed by atoms with Crippen molar-refractivity contribution in [2.45, 2.75) is 31.4 Å². The van der Waals surface area contributed by atoms with Crippen molar-refractivity contribution < 1.29 is 19.1 Å². The van der Waals surface area contributed by atoms with Crippen LogP contribution in [-0.2, 0) is 19.7 Å². The van der Waals surface area contributed by atoms with Crippen LogP contribution in [0, 0.1) is 0 Å². The van der Waals surface area contributed by atoms with E-state index in [0.717, 1.165) is 22.5 Å². The summed E-state index contributed by atoms with van der Waals surface area (Å²) in [5.74, 6) is 1.01. The molecule has 2 amide bonds. The largest absolute Gasteiger partial charge is 0.497 e. The normalized spacial score (nSPS) is 15.7. The molecule has 202 valence electrons. The Balaban J connectivity index is 1.96. The monoisotopic (exact) mass is 556 g/mol. The Morgan fingerprint density at radius 1 is 1.16 bits per heavy atom. The number of amides is 2. The number of aromatic nitrogens is 2. The summed E-state index contributed by atoms with van der Waals surface area (Å²) in [7, 11) is 3.19. The van der Waals surface area contributed by atoms with Gasteiger partial charge in [0.05, 0.1) is 36.1 Å². The number of fused-ring (bicyclic) bond motifs is 1. The molecule has 0 saturated heterocycles. The van der Waals surface area contributed by atoms with Gasteiger partial charge in [-0.1, -0.05) is 50.6 Å². The summed E-state index contributed by atoms with van der Waals surface area (Å²) >= 11 is 8.20. The molecule has 0 saturated carbocycles. The summed E-state index contributed by atoms with van der Waals surface area (Å²) in [5.41, 5.74) is 3.00. The third kappa shape index (κ3) is 5.85. The molecule has 1 atom stereocenters. The number of rotatable bonds is 8. The van der Waals surface area contributed by atoms with Crippen LogP contribution < -0.4 is 15.0 Å². The molecular formula is C28H33ClN4O4S. The van der Waals surface area contributed by atoms with Gasteiger partial charge in [0.25, 0.3) is 0 Å². The molecule has 1 aliphatic rings. The van der Waals surface area contributed by atoms with Crippen LogP contribution in [0.15, 0.2) is 48.5 Å². The predicted molar refractivity (Wildman–Crippen MR) is 152 cm³/mol. The maximum atomic E-state index is 13.7. The zero-order valence-corrected chi connectivity index (χ0v) is 23.9. The van der Waals surface area contributed by atoms with Crippen molar-refractivity contribution >= 4 is 41.0 Å². The summed E-state index contributed by atoms with van der Waals surface area (Å²) in [6, 6.07) is 15.2. The Morgan fingerprint density at radius 3 is 2.50 bits per heavy atom. The van der Waals surface area contributed by atoms with Gasteiger partial charge in [-0.2, -0.15) is 5.10 Å². The van der Waals surface area contributed by atoms with Gasteiger partial charge in [-0.3, -0.25) is 14.5 Å². The van der Waals surface area contributed by atoms with Gasteiger partial charge in [-0.05, 0) is 35.9 Å². The van der Waals surface area contributed by atoms with E-state index in [1.807, 2.05) is 48.5 Å². The van der Waals surface area contributed by atoms with E-state index in [0.29, 0.717) is 29.7 Å². The first-order valence-electron chi connectivity index (χ1n) is 12.4. The second-order valence-corrected chi connectivity index (χ2v) is 11.5. The van der Waals surface area contributed by atoms with E-state index >= 15 is 0 Å². The number of thioether (sulfide) groups is 1. The van der Waals surface area contributed by atoms with Crippen molar-refractivity contribution in [3.8, 4) is 11.4 Å². The van der Waals surface area contributed by atoms with Crippen LogP contribution >= 0.6 is 23.4 Å².